The molecule has 3 aliphatic rings. The van der Waals surface area contributed by atoms with Crippen LogP contribution in [0.2, 0.25) is 0 Å². The van der Waals surface area contributed by atoms with E-state index >= 15 is 0 Å². The maximum atomic E-state index is 14.2. The third kappa shape index (κ3) is 5.67. The number of benzene rings is 1. The summed E-state index contributed by atoms with van der Waals surface area (Å²) in [6.07, 6.45) is -2.25. The van der Waals surface area contributed by atoms with E-state index in [0.717, 1.165) is 36.2 Å². The van der Waals surface area contributed by atoms with Crippen LogP contribution in [0.3, 0.4) is 0 Å². The number of likely N-dealkylation sites (N-methyl/N-ethyl adjacent to an activating group) is 1. The van der Waals surface area contributed by atoms with Crippen LogP contribution in [0.4, 0.5) is 27.6 Å². The summed E-state index contributed by atoms with van der Waals surface area (Å²) in [6.45, 7) is 0.189. The number of halogens is 5. The van der Waals surface area contributed by atoms with Crippen LogP contribution < -0.4 is 9.64 Å². The third-order valence-electron chi connectivity index (χ3n) is 7.75. The zero-order valence-corrected chi connectivity index (χ0v) is 21.5. The molecular weight excluding hydrogens is 523 g/mol. The number of alkyl halides is 5. The molecule has 2 aliphatic carbocycles. The summed E-state index contributed by atoms with van der Waals surface area (Å²) >= 11 is 0. The van der Waals surface area contributed by atoms with Gasteiger partial charge in [0.25, 0.3) is 0 Å². The Kier molecular flexibility index (Phi) is 7.19. The summed E-state index contributed by atoms with van der Waals surface area (Å²) < 4.78 is 103. The molecule has 1 aliphatic heterocycles. The molecule has 1 N–H and O–H groups in total. The minimum absolute atomic E-state index is 0.0247. The Morgan fingerprint density at radius 2 is 1.78 bits per heavy atom. The molecule has 0 unspecified atom stereocenters. The van der Waals surface area contributed by atoms with E-state index in [-0.39, 0.29) is 37.5 Å². The monoisotopic (exact) mass is 554 g/mol. The van der Waals surface area contributed by atoms with Crippen LogP contribution in [0.25, 0.3) is 0 Å². The average molecular weight is 555 g/mol. The highest BCUT2D eigenvalue weighted by Crippen LogP contribution is 2.49. The number of hydrogen-bond acceptors (Lipinski definition) is 5. The summed E-state index contributed by atoms with van der Waals surface area (Å²) in [5.41, 5.74) is -2.63. The number of anilines is 1. The molecule has 0 saturated heterocycles. The molecule has 208 valence electrons. The van der Waals surface area contributed by atoms with E-state index in [0.29, 0.717) is 12.8 Å². The van der Waals surface area contributed by atoms with Crippen molar-refractivity contribution in [1.82, 2.24) is 4.31 Å². The molecule has 0 aromatic heterocycles. The van der Waals surface area contributed by atoms with Crippen molar-refractivity contribution in [2.45, 2.75) is 87.4 Å². The van der Waals surface area contributed by atoms with E-state index in [9.17, 15) is 40.3 Å². The lowest BCUT2D eigenvalue weighted by atomic mass is 10.0. The minimum atomic E-state index is -4.91. The van der Waals surface area contributed by atoms with Crippen molar-refractivity contribution in [2.75, 3.05) is 25.1 Å². The molecule has 0 amide bonds. The molecule has 0 bridgehead atoms. The lowest BCUT2D eigenvalue weighted by molar-refractivity contribution is -0.144. The number of hydrogen-bond donors (Lipinski definition) is 1. The van der Waals surface area contributed by atoms with Crippen LogP contribution in [-0.2, 0) is 21.0 Å². The first-order valence-electron chi connectivity index (χ1n) is 12.3. The maximum absolute atomic E-state index is 14.2. The zero-order valence-electron chi connectivity index (χ0n) is 20.7. The van der Waals surface area contributed by atoms with Gasteiger partial charge in [0, 0.05) is 38.2 Å². The van der Waals surface area contributed by atoms with Gasteiger partial charge in [-0.2, -0.15) is 17.5 Å². The van der Waals surface area contributed by atoms with E-state index in [4.69, 9.17) is 4.74 Å². The molecule has 0 spiro atoms. The average Bonchev–Trinajstić information content (AvgIpc) is 3.42. The fourth-order valence-corrected chi connectivity index (χ4v) is 6.73. The summed E-state index contributed by atoms with van der Waals surface area (Å²) in [7, 11) is -3.15. The molecule has 13 heteroatoms. The maximum Gasteiger partial charge on any atom is 0.420 e. The lowest BCUT2D eigenvalue weighted by Gasteiger charge is -2.34. The van der Waals surface area contributed by atoms with Crippen LogP contribution in [0, 0.1) is 5.41 Å². The predicted molar refractivity (Wildman–Crippen MR) is 124 cm³/mol. The molecule has 1 atom stereocenters. The van der Waals surface area contributed by atoms with E-state index in [1.54, 1.807) is 4.90 Å². The number of nitrogens with zero attached hydrogens (tertiary/aromatic N) is 2. The molecule has 1 aromatic carbocycles. The fraction of sp³-hybridized carbons (Fsp3) is 0.708. The van der Waals surface area contributed by atoms with E-state index in [1.165, 1.54) is 7.05 Å². The Balaban J connectivity index is 1.82. The van der Waals surface area contributed by atoms with Gasteiger partial charge in [0.15, 0.2) is 0 Å². The number of carboxylic acids is 1. The molecular formula is C24H31F5N2O5S. The molecule has 2 saturated carbocycles. The number of aliphatic carboxylic acids is 1. The highest BCUT2D eigenvalue weighted by Gasteiger charge is 2.52. The topological polar surface area (TPSA) is 87.2 Å². The minimum Gasteiger partial charge on any atom is -0.492 e. The van der Waals surface area contributed by atoms with Crippen LogP contribution in [0.5, 0.6) is 5.75 Å². The Labute approximate surface area is 212 Å². The van der Waals surface area contributed by atoms with Crippen molar-refractivity contribution in [3.63, 3.8) is 0 Å². The Bertz CT molecular complexity index is 1140. The highest BCUT2D eigenvalue weighted by molar-refractivity contribution is 7.89. The molecule has 37 heavy (non-hydrogen) atoms. The summed E-state index contributed by atoms with van der Waals surface area (Å²) in [4.78, 5) is 12.7. The van der Waals surface area contributed by atoms with Crippen LogP contribution >= 0.6 is 0 Å². The van der Waals surface area contributed by atoms with Crippen molar-refractivity contribution in [1.29, 1.82) is 0 Å². The van der Waals surface area contributed by atoms with Crippen LogP contribution in [-0.4, -0.2) is 62.0 Å². The van der Waals surface area contributed by atoms with Crippen LogP contribution in [0.15, 0.2) is 17.0 Å². The van der Waals surface area contributed by atoms with Crippen molar-refractivity contribution in [3.8, 4) is 5.75 Å². The lowest BCUT2D eigenvalue weighted by Crippen LogP contribution is -2.45. The number of sulfonamides is 1. The quantitative estimate of drug-likeness (QED) is 0.448. The van der Waals surface area contributed by atoms with Gasteiger partial charge in [0.1, 0.15) is 22.7 Å². The standard InChI is InChI=1S/C24H31F5N2O5S/c1-22(25,26)8-7-16-13-31(15-5-3-4-6-15)18-11-17(24(27,28)29)19(12-20(18)37(34,35)30(16)2)36-14-23(9-10-23)21(32)33/h11-12,15-16H,3-10,13-14H2,1-2H3,(H,32,33)/t16-/m1/s1. The molecule has 0 radical (unpaired) electrons. The largest absolute Gasteiger partial charge is 0.492 e. The third-order valence-corrected chi connectivity index (χ3v) is 9.69. The molecule has 7 nitrogen and oxygen atoms in total. The van der Waals surface area contributed by atoms with Gasteiger partial charge < -0.3 is 14.7 Å². The van der Waals surface area contributed by atoms with Crippen LogP contribution in [0.1, 0.15) is 63.9 Å². The first-order chi connectivity index (χ1) is 17.1. The van der Waals surface area contributed by atoms with Crippen molar-refractivity contribution < 1.29 is 45.0 Å². The van der Waals surface area contributed by atoms with Gasteiger partial charge in [-0.25, -0.2) is 17.2 Å². The number of carbonyl (C=O) groups is 1. The van der Waals surface area contributed by atoms with Crippen molar-refractivity contribution in [3.05, 3.63) is 17.7 Å². The second-order valence-corrected chi connectivity index (χ2v) is 12.5. The van der Waals surface area contributed by atoms with E-state index in [2.05, 4.69) is 0 Å². The van der Waals surface area contributed by atoms with Gasteiger partial charge in [-0.3, -0.25) is 4.79 Å². The fourth-order valence-electron chi connectivity index (χ4n) is 5.16. The molecule has 4 rings (SSSR count). The van der Waals surface area contributed by atoms with Crippen molar-refractivity contribution in [2.24, 2.45) is 5.41 Å². The van der Waals surface area contributed by atoms with Gasteiger partial charge in [0.2, 0.25) is 15.9 Å². The van der Waals surface area contributed by atoms with Gasteiger partial charge in [0.05, 0.1) is 11.3 Å². The van der Waals surface area contributed by atoms with Gasteiger partial charge in [-0.05, 0) is 45.1 Å². The summed E-state index contributed by atoms with van der Waals surface area (Å²) in [5, 5.41) is 9.39. The number of fused-ring (bicyclic) bond motifs is 1. The highest BCUT2D eigenvalue weighted by atomic mass is 32.2. The molecule has 2 fully saturated rings. The smallest absolute Gasteiger partial charge is 0.420 e. The first kappa shape index (κ1) is 27.9. The first-order valence-corrected chi connectivity index (χ1v) is 13.7. The summed E-state index contributed by atoms with van der Waals surface area (Å²) in [5.74, 6) is -4.98. The van der Waals surface area contributed by atoms with Crippen molar-refractivity contribution >= 4 is 21.7 Å². The van der Waals surface area contributed by atoms with Gasteiger partial charge in [-0.1, -0.05) is 12.8 Å². The second kappa shape index (κ2) is 9.55. The Hall–Kier alpha value is -2.15. The van der Waals surface area contributed by atoms with Gasteiger partial charge in [-0.15, -0.1) is 0 Å². The summed E-state index contributed by atoms with van der Waals surface area (Å²) in [6, 6.07) is 0.454. The zero-order chi connectivity index (χ0) is 27.4. The number of ether oxygens (including phenoxy) is 1. The Morgan fingerprint density at radius 3 is 2.30 bits per heavy atom. The molecule has 1 heterocycles. The second-order valence-electron chi connectivity index (χ2n) is 10.6. The predicted octanol–water partition coefficient (Wildman–Crippen LogP) is 5.14. The van der Waals surface area contributed by atoms with Gasteiger partial charge >= 0.3 is 12.1 Å². The van der Waals surface area contributed by atoms with E-state index in [1.807, 2.05) is 0 Å². The van der Waals surface area contributed by atoms with E-state index < -0.39 is 68.8 Å². The SMILES string of the molecule is CN1[C@H](CCC(C)(F)F)CN(C2CCCC2)c2cc(C(F)(F)F)c(OCC3(C(=O)O)CC3)cc2S1(=O)=O. The normalized spacial score (nSPS) is 24.0. The number of rotatable bonds is 8. The number of carboxylic acid groups (broad SMARTS) is 1. The Morgan fingerprint density at radius 1 is 1.16 bits per heavy atom. The molecule has 1 aromatic rings.